The largest absolute Gasteiger partial charge is 0.496 e. The highest BCUT2D eigenvalue weighted by Crippen LogP contribution is 2.35. The molecule has 0 aliphatic rings. The first-order valence-corrected chi connectivity index (χ1v) is 6.20. The third kappa shape index (κ3) is 3.59. The molecule has 1 unspecified atom stereocenters. The number of ether oxygens (including phenoxy) is 2. The van der Waals surface area contributed by atoms with Crippen molar-refractivity contribution in [3.8, 4) is 5.75 Å². The Morgan fingerprint density at radius 2 is 2.11 bits per heavy atom. The molecule has 0 saturated carbocycles. The van der Waals surface area contributed by atoms with Crippen molar-refractivity contribution in [3.05, 3.63) is 28.8 Å². The Bertz CT molecular complexity index is 386. The molecule has 3 N–H and O–H groups in total. The van der Waals surface area contributed by atoms with Crippen molar-refractivity contribution in [2.45, 2.75) is 18.4 Å². The molecule has 1 atom stereocenters. The summed E-state index contributed by atoms with van der Waals surface area (Å²) in [4.78, 5) is 0. The van der Waals surface area contributed by atoms with Crippen molar-refractivity contribution in [2.24, 2.45) is 5.73 Å². The van der Waals surface area contributed by atoms with Crippen molar-refractivity contribution in [1.29, 1.82) is 0 Å². The van der Waals surface area contributed by atoms with Crippen molar-refractivity contribution in [3.63, 3.8) is 0 Å². The molecule has 0 fully saturated rings. The fourth-order valence-electron chi connectivity index (χ4n) is 1.96. The number of nitrogens with two attached hydrogens (primary N) is 1. The van der Waals surface area contributed by atoms with Gasteiger partial charge in [0.1, 0.15) is 11.4 Å². The van der Waals surface area contributed by atoms with E-state index in [1.165, 1.54) is 0 Å². The normalized spacial score (nSPS) is 14.3. The molecule has 1 aromatic carbocycles. The lowest BCUT2D eigenvalue weighted by Crippen LogP contribution is -2.32. The van der Waals surface area contributed by atoms with Gasteiger partial charge in [0.25, 0.3) is 0 Å². The maximum absolute atomic E-state index is 10.7. The van der Waals surface area contributed by atoms with Crippen LogP contribution in [0, 0.1) is 0 Å². The van der Waals surface area contributed by atoms with Gasteiger partial charge in [0, 0.05) is 17.7 Å². The molecule has 0 heterocycles. The highest BCUT2D eigenvalue weighted by atomic mass is 35.5. The molecule has 5 heteroatoms. The predicted molar refractivity (Wildman–Crippen MR) is 72.1 cm³/mol. The minimum atomic E-state index is -1.13. The molecule has 0 bridgehead atoms. The highest BCUT2D eigenvalue weighted by Gasteiger charge is 2.32. The van der Waals surface area contributed by atoms with Gasteiger partial charge in [-0.25, -0.2) is 0 Å². The quantitative estimate of drug-likeness (QED) is 0.797. The lowest BCUT2D eigenvalue weighted by atomic mass is 9.89. The third-order valence-electron chi connectivity index (χ3n) is 2.84. The first-order valence-electron chi connectivity index (χ1n) is 5.83. The molecule has 0 spiro atoms. The van der Waals surface area contributed by atoms with Crippen LogP contribution in [0.1, 0.15) is 18.4 Å². The molecule has 0 aromatic heterocycles. The van der Waals surface area contributed by atoms with Crippen molar-refractivity contribution in [1.82, 2.24) is 0 Å². The van der Waals surface area contributed by atoms with E-state index in [2.05, 4.69) is 0 Å². The molecule has 4 nitrogen and oxygen atoms in total. The average molecular weight is 274 g/mol. The number of hydrogen-bond acceptors (Lipinski definition) is 4. The van der Waals surface area contributed by atoms with Crippen LogP contribution in [-0.2, 0) is 10.3 Å². The van der Waals surface area contributed by atoms with E-state index >= 15 is 0 Å². The number of methoxy groups -OCH3 is 2. The standard InChI is InChI=1S/C13H20ClNO3/c1-17-9-13(16,6-3-7-15)11-8-10(14)4-5-12(11)18-2/h4-5,8,16H,3,6-7,9,15H2,1-2H3. The molecule has 0 aliphatic carbocycles. The van der Waals surface area contributed by atoms with Crippen LogP contribution >= 0.6 is 11.6 Å². The van der Waals surface area contributed by atoms with Crippen LogP contribution in [-0.4, -0.2) is 32.5 Å². The van der Waals surface area contributed by atoms with E-state index in [-0.39, 0.29) is 6.61 Å². The molecule has 0 saturated heterocycles. The Morgan fingerprint density at radius 1 is 1.39 bits per heavy atom. The van der Waals surface area contributed by atoms with Gasteiger partial charge in [-0.05, 0) is 37.6 Å². The average Bonchev–Trinajstić information content (AvgIpc) is 2.36. The van der Waals surface area contributed by atoms with Gasteiger partial charge in [-0.2, -0.15) is 0 Å². The predicted octanol–water partition coefficient (Wildman–Crippen LogP) is 1.92. The molecular weight excluding hydrogens is 254 g/mol. The zero-order valence-electron chi connectivity index (χ0n) is 10.8. The lowest BCUT2D eigenvalue weighted by Gasteiger charge is -2.29. The highest BCUT2D eigenvalue weighted by molar-refractivity contribution is 6.30. The minimum Gasteiger partial charge on any atom is -0.496 e. The Balaban J connectivity index is 3.14. The first-order chi connectivity index (χ1) is 8.57. The SMILES string of the molecule is COCC(O)(CCCN)c1cc(Cl)ccc1OC. The summed E-state index contributed by atoms with van der Waals surface area (Å²) in [7, 11) is 3.10. The van der Waals surface area contributed by atoms with Gasteiger partial charge in [-0.3, -0.25) is 0 Å². The molecular formula is C13H20ClNO3. The van der Waals surface area contributed by atoms with Gasteiger partial charge in [-0.15, -0.1) is 0 Å². The molecule has 1 aromatic rings. The maximum Gasteiger partial charge on any atom is 0.125 e. The second-order valence-corrected chi connectivity index (χ2v) is 4.64. The van der Waals surface area contributed by atoms with Gasteiger partial charge in [-0.1, -0.05) is 11.6 Å². The molecule has 1 rings (SSSR count). The van der Waals surface area contributed by atoms with E-state index in [4.69, 9.17) is 26.8 Å². The zero-order valence-corrected chi connectivity index (χ0v) is 11.5. The topological polar surface area (TPSA) is 64.7 Å². The summed E-state index contributed by atoms with van der Waals surface area (Å²) in [6.07, 6.45) is 1.18. The Morgan fingerprint density at radius 3 is 2.67 bits per heavy atom. The number of halogens is 1. The van der Waals surface area contributed by atoms with Gasteiger partial charge in [0.15, 0.2) is 0 Å². The summed E-state index contributed by atoms with van der Waals surface area (Å²) in [5, 5.41) is 11.3. The van der Waals surface area contributed by atoms with Crippen LogP contribution in [0.25, 0.3) is 0 Å². The second-order valence-electron chi connectivity index (χ2n) is 4.20. The number of aliphatic hydroxyl groups is 1. The smallest absolute Gasteiger partial charge is 0.125 e. The molecule has 0 radical (unpaired) electrons. The van der Waals surface area contributed by atoms with E-state index in [0.717, 1.165) is 0 Å². The maximum atomic E-state index is 10.7. The zero-order chi connectivity index (χ0) is 13.6. The summed E-state index contributed by atoms with van der Waals surface area (Å²) < 4.78 is 10.4. The third-order valence-corrected chi connectivity index (χ3v) is 3.08. The Labute approximate surface area is 113 Å². The van der Waals surface area contributed by atoms with Gasteiger partial charge < -0.3 is 20.3 Å². The summed E-state index contributed by atoms with van der Waals surface area (Å²) >= 11 is 5.98. The fourth-order valence-corrected chi connectivity index (χ4v) is 2.13. The van der Waals surface area contributed by atoms with Crippen LogP contribution in [0.5, 0.6) is 5.75 Å². The van der Waals surface area contributed by atoms with Crippen LogP contribution in [0.4, 0.5) is 0 Å². The molecule has 0 amide bonds. The molecule has 102 valence electrons. The van der Waals surface area contributed by atoms with Gasteiger partial charge >= 0.3 is 0 Å². The van der Waals surface area contributed by atoms with Crippen LogP contribution in [0.3, 0.4) is 0 Å². The van der Waals surface area contributed by atoms with E-state index in [9.17, 15) is 5.11 Å². The monoisotopic (exact) mass is 273 g/mol. The van der Waals surface area contributed by atoms with Gasteiger partial charge in [0.05, 0.1) is 13.7 Å². The lowest BCUT2D eigenvalue weighted by molar-refractivity contribution is -0.0443. The number of rotatable bonds is 7. The fraction of sp³-hybridized carbons (Fsp3) is 0.538. The summed E-state index contributed by atoms with van der Waals surface area (Å²) in [6, 6.07) is 5.16. The van der Waals surface area contributed by atoms with E-state index in [1.807, 2.05) is 0 Å². The van der Waals surface area contributed by atoms with Crippen LogP contribution < -0.4 is 10.5 Å². The van der Waals surface area contributed by atoms with Crippen molar-refractivity contribution in [2.75, 3.05) is 27.4 Å². The van der Waals surface area contributed by atoms with Crippen molar-refractivity contribution < 1.29 is 14.6 Å². The molecule has 0 aliphatic heterocycles. The second kappa shape index (κ2) is 6.95. The van der Waals surface area contributed by atoms with Crippen LogP contribution in [0.2, 0.25) is 5.02 Å². The van der Waals surface area contributed by atoms with E-state index in [0.29, 0.717) is 35.7 Å². The minimum absolute atomic E-state index is 0.170. The Kier molecular flexibility index (Phi) is 5.88. The van der Waals surface area contributed by atoms with Crippen LogP contribution in [0.15, 0.2) is 18.2 Å². The molecule has 18 heavy (non-hydrogen) atoms. The van der Waals surface area contributed by atoms with E-state index < -0.39 is 5.60 Å². The van der Waals surface area contributed by atoms with E-state index in [1.54, 1.807) is 32.4 Å². The summed E-state index contributed by atoms with van der Waals surface area (Å²) in [5.41, 5.74) is 5.00. The summed E-state index contributed by atoms with van der Waals surface area (Å²) in [5.74, 6) is 0.593. The number of benzene rings is 1. The Hall–Kier alpha value is -0.810. The van der Waals surface area contributed by atoms with Gasteiger partial charge in [0.2, 0.25) is 0 Å². The number of hydrogen-bond donors (Lipinski definition) is 2. The first kappa shape index (κ1) is 15.2. The van der Waals surface area contributed by atoms with Crippen molar-refractivity contribution >= 4 is 11.6 Å². The summed E-state index contributed by atoms with van der Waals surface area (Å²) in [6.45, 7) is 0.679.